The van der Waals surface area contributed by atoms with Crippen molar-refractivity contribution in [1.82, 2.24) is 19.8 Å². The number of rotatable bonds is 3. The van der Waals surface area contributed by atoms with Crippen LogP contribution in [0, 0.1) is 6.92 Å². The van der Waals surface area contributed by atoms with E-state index in [0.29, 0.717) is 6.42 Å². The van der Waals surface area contributed by atoms with E-state index in [4.69, 9.17) is 5.11 Å². The smallest absolute Gasteiger partial charge is 0.183 e. The lowest BCUT2D eigenvalue weighted by atomic mass is 10.1. The van der Waals surface area contributed by atoms with Gasteiger partial charge in [0.25, 0.3) is 0 Å². The molecule has 0 aliphatic carbocycles. The molecule has 92 valence electrons. The van der Waals surface area contributed by atoms with E-state index in [1.165, 1.54) is 5.56 Å². The fourth-order valence-corrected chi connectivity index (χ4v) is 1.97. The second kappa shape index (κ2) is 4.27. The minimum absolute atomic E-state index is 0.122. The predicted octanol–water partition coefficient (Wildman–Crippen LogP) is 1.57. The van der Waals surface area contributed by atoms with Crippen molar-refractivity contribution >= 4 is 5.65 Å². The largest absolute Gasteiger partial charge is 0.396 e. The normalized spacial score (nSPS) is 11.2. The molecule has 0 fully saturated rings. The lowest BCUT2D eigenvalue weighted by Crippen LogP contribution is -1.95. The van der Waals surface area contributed by atoms with Crippen molar-refractivity contribution < 1.29 is 5.11 Å². The number of fused-ring (bicyclic) bond motifs is 1. The summed E-state index contributed by atoms with van der Waals surface area (Å²) < 4.78 is 1.84. The van der Waals surface area contributed by atoms with Gasteiger partial charge in [-0.3, -0.25) is 5.10 Å². The van der Waals surface area contributed by atoms with E-state index in [9.17, 15) is 0 Å². The van der Waals surface area contributed by atoms with Crippen molar-refractivity contribution in [1.29, 1.82) is 0 Å². The highest BCUT2D eigenvalue weighted by atomic mass is 16.3. The lowest BCUT2D eigenvalue weighted by molar-refractivity contribution is 0.298. The molecule has 2 N–H and O–H groups in total. The second-order valence-corrected chi connectivity index (χ2v) is 4.34. The molecule has 5 heteroatoms. The zero-order chi connectivity index (χ0) is 12.5. The van der Waals surface area contributed by atoms with Gasteiger partial charge >= 0.3 is 0 Å². The van der Waals surface area contributed by atoms with Crippen LogP contribution in [0.25, 0.3) is 17.0 Å². The molecule has 18 heavy (non-hydrogen) atoms. The molecule has 5 nitrogen and oxygen atoms in total. The maximum atomic E-state index is 8.93. The number of H-pyrrole nitrogens is 1. The van der Waals surface area contributed by atoms with Gasteiger partial charge < -0.3 is 5.11 Å². The Morgan fingerprint density at radius 2 is 2.00 bits per heavy atom. The van der Waals surface area contributed by atoms with E-state index in [2.05, 4.69) is 22.2 Å². The van der Waals surface area contributed by atoms with Crippen LogP contribution in [0.4, 0.5) is 0 Å². The third-order valence-electron chi connectivity index (χ3n) is 2.94. The fourth-order valence-electron chi connectivity index (χ4n) is 1.97. The molecule has 3 aromatic rings. The van der Waals surface area contributed by atoms with Crippen LogP contribution in [-0.4, -0.2) is 31.5 Å². The number of aliphatic hydroxyl groups is 1. The van der Waals surface area contributed by atoms with Gasteiger partial charge in [-0.05, 0) is 6.92 Å². The number of aliphatic hydroxyl groups excluding tert-OH is 1. The number of aryl methyl sites for hydroxylation is 1. The van der Waals surface area contributed by atoms with Gasteiger partial charge in [0, 0.05) is 30.4 Å². The van der Waals surface area contributed by atoms with Crippen LogP contribution in [-0.2, 0) is 6.42 Å². The van der Waals surface area contributed by atoms with Crippen LogP contribution in [0.2, 0.25) is 0 Å². The molecule has 3 rings (SSSR count). The average molecular weight is 242 g/mol. The molecule has 2 aromatic heterocycles. The van der Waals surface area contributed by atoms with E-state index in [1.54, 1.807) is 0 Å². The number of nitrogens with zero attached hydrogens (tertiary/aromatic N) is 3. The van der Waals surface area contributed by atoms with Gasteiger partial charge in [-0.2, -0.15) is 0 Å². The highest BCUT2D eigenvalue weighted by Crippen LogP contribution is 2.19. The zero-order valence-corrected chi connectivity index (χ0v) is 10.1. The molecule has 1 aromatic carbocycles. The molecule has 0 aliphatic rings. The summed E-state index contributed by atoms with van der Waals surface area (Å²) in [5.74, 6) is 0.786. The van der Waals surface area contributed by atoms with Crippen LogP contribution in [0.15, 0.2) is 30.3 Å². The Morgan fingerprint density at radius 1 is 1.22 bits per heavy atom. The maximum absolute atomic E-state index is 8.93. The molecule has 0 atom stereocenters. The third-order valence-corrected chi connectivity index (χ3v) is 2.94. The quantitative estimate of drug-likeness (QED) is 0.732. The number of nitrogens with one attached hydrogen (secondary N) is 1. The first kappa shape index (κ1) is 11.0. The van der Waals surface area contributed by atoms with E-state index in [-0.39, 0.29) is 6.61 Å². The Morgan fingerprint density at radius 3 is 2.72 bits per heavy atom. The van der Waals surface area contributed by atoms with Gasteiger partial charge in [-0.25, -0.2) is 4.52 Å². The van der Waals surface area contributed by atoms with E-state index in [0.717, 1.165) is 22.7 Å². The van der Waals surface area contributed by atoms with Crippen molar-refractivity contribution in [2.24, 2.45) is 0 Å². The second-order valence-electron chi connectivity index (χ2n) is 4.34. The molecular weight excluding hydrogens is 228 g/mol. The first-order valence-electron chi connectivity index (χ1n) is 5.89. The molecule has 0 saturated carbocycles. The first-order chi connectivity index (χ1) is 8.78. The van der Waals surface area contributed by atoms with Gasteiger partial charge in [-0.15, -0.1) is 10.2 Å². The van der Waals surface area contributed by atoms with Crippen molar-refractivity contribution in [3.8, 4) is 11.4 Å². The van der Waals surface area contributed by atoms with Crippen LogP contribution in [0.1, 0.15) is 11.3 Å². The average Bonchev–Trinajstić information content (AvgIpc) is 2.90. The molecule has 0 amide bonds. The lowest BCUT2D eigenvalue weighted by Gasteiger charge is -1.99. The summed E-state index contributed by atoms with van der Waals surface area (Å²) in [6.07, 6.45) is 0.594. The first-order valence-corrected chi connectivity index (χ1v) is 5.89. The van der Waals surface area contributed by atoms with Crippen molar-refractivity contribution in [2.45, 2.75) is 13.3 Å². The minimum Gasteiger partial charge on any atom is -0.396 e. The van der Waals surface area contributed by atoms with E-state index in [1.807, 2.05) is 34.8 Å². The Kier molecular flexibility index (Phi) is 2.60. The summed E-state index contributed by atoms with van der Waals surface area (Å²) in [5, 5.41) is 20.4. The maximum Gasteiger partial charge on any atom is 0.183 e. The van der Waals surface area contributed by atoms with Crippen molar-refractivity contribution in [2.75, 3.05) is 6.61 Å². The van der Waals surface area contributed by atoms with Gasteiger partial charge in [0.05, 0.1) is 0 Å². The van der Waals surface area contributed by atoms with Crippen LogP contribution in [0.5, 0.6) is 0 Å². The standard InChI is InChI=1S/C13H14N4O/c1-9-2-4-10(5-3-9)13-15-14-12-8-11(6-7-18)16-17(12)13/h2-5,8,16,18H,6-7H2,1H3. The monoisotopic (exact) mass is 242 g/mol. The van der Waals surface area contributed by atoms with E-state index >= 15 is 0 Å². The number of hydrogen-bond acceptors (Lipinski definition) is 3. The topological polar surface area (TPSA) is 66.2 Å². The number of hydrogen-bond donors (Lipinski definition) is 2. The van der Waals surface area contributed by atoms with Crippen molar-refractivity contribution in [3.05, 3.63) is 41.6 Å². The molecule has 0 bridgehead atoms. The fraction of sp³-hybridized carbons (Fsp3) is 0.231. The SMILES string of the molecule is Cc1ccc(-c2nnc3cc(CCO)[nH]n23)cc1. The molecule has 0 saturated heterocycles. The number of aromatic amines is 1. The van der Waals surface area contributed by atoms with Gasteiger partial charge in [-0.1, -0.05) is 29.8 Å². The Bertz CT molecular complexity index is 666. The van der Waals surface area contributed by atoms with Gasteiger partial charge in [0.1, 0.15) is 0 Å². The number of aromatic nitrogens is 4. The molecule has 0 unspecified atom stereocenters. The number of benzene rings is 1. The summed E-state index contributed by atoms with van der Waals surface area (Å²) in [4.78, 5) is 0. The van der Waals surface area contributed by atoms with E-state index < -0.39 is 0 Å². The molecule has 0 radical (unpaired) electrons. The Balaban J connectivity index is 2.08. The Labute approximate surface area is 104 Å². The van der Waals surface area contributed by atoms with Crippen LogP contribution < -0.4 is 0 Å². The highest BCUT2D eigenvalue weighted by molar-refractivity contribution is 5.59. The summed E-state index contributed by atoms with van der Waals surface area (Å²) >= 11 is 0. The van der Waals surface area contributed by atoms with Gasteiger partial charge in [0.15, 0.2) is 11.5 Å². The molecule has 0 aliphatic heterocycles. The zero-order valence-electron chi connectivity index (χ0n) is 10.1. The minimum atomic E-state index is 0.122. The third kappa shape index (κ3) is 1.78. The van der Waals surface area contributed by atoms with Crippen LogP contribution in [0.3, 0.4) is 0 Å². The van der Waals surface area contributed by atoms with Crippen LogP contribution >= 0.6 is 0 Å². The highest BCUT2D eigenvalue weighted by Gasteiger charge is 2.10. The summed E-state index contributed by atoms with van der Waals surface area (Å²) in [7, 11) is 0. The summed E-state index contributed by atoms with van der Waals surface area (Å²) in [5.41, 5.74) is 3.96. The molecular formula is C13H14N4O. The van der Waals surface area contributed by atoms with Crippen molar-refractivity contribution in [3.63, 3.8) is 0 Å². The predicted molar refractivity (Wildman–Crippen MR) is 68.3 cm³/mol. The molecule has 2 heterocycles. The summed E-state index contributed by atoms with van der Waals surface area (Å²) in [6, 6.07) is 10.1. The molecule has 0 spiro atoms. The van der Waals surface area contributed by atoms with Gasteiger partial charge in [0.2, 0.25) is 0 Å². The Hall–Kier alpha value is -2.14. The summed E-state index contributed by atoms with van der Waals surface area (Å²) in [6.45, 7) is 2.17.